The van der Waals surface area contributed by atoms with Crippen LogP contribution < -0.4 is 5.56 Å². The van der Waals surface area contributed by atoms with E-state index in [9.17, 15) is 9.59 Å². The first-order valence-corrected chi connectivity index (χ1v) is 10.9. The molecule has 29 heavy (non-hydrogen) atoms. The average molecular weight is 410 g/mol. The van der Waals surface area contributed by atoms with Gasteiger partial charge in [0, 0.05) is 24.4 Å². The van der Waals surface area contributed by atoms with Gasteiger partial charge in [-0.05, 0) is 48.9 Å². The van der Waals surface area contributed by atoms with Crippen molar-refractivity contribution in [2.75, 3.05) is 19.7 Å². The van der Waals surface area contributed by atoms with Gasteiger partial charge in [0.25, 0.3) is 5.56 Å². The number of benzene rings is 1. The van der Waals surface area contributed by atoms with E-state index in [-0.39, 0.29) is 17.1 Å². The van der Waals surface area contributed by atoms with Crippen molar-refractivity contribution in [3.05, 3.63) is 62.8 Å². The van der Waals surface area contributed by atoms with Crippen LogP contribution >= 0.6 is 11.3 Å². The number of hydrogen-bond acceptors (Lipinski definition) is 5. The highest BCUT2D eigenvalue weighted by atomic mass is 32.1. The van der Waals surface area contributed by atoms with Crippen LogP contribution in [0.2, 0.25) is 0 Å². The summed E-state index contributed by atoms with van der Waals surface area (Å²) < 4.78 is 7.68. The van der Waals surface area contributed by atoms with E-state index in [0.29, 0.717) is 24.0 Å². The van der Waals surface area contributed by atoms with Crippen molar-refractivity contribution in [1.82, 2.24) is 14.5 Å². The van der Waals surface area contributed by atoms with Crippen LogP contribution in [0.25, 0.3) is 10.9 Å². The minimum absolute atomic E-state index is 0.0413. The van der Waals surface area contributed by atoms with E-state index in [4.69, 9.17) is 4.74 Å². The third-order valence-corrected chi connectivity index (χ3v) is 7.27. The second-order valence-corrected chi connectivity index (χ2v) is 8.83. The number of likely N-dealkylation sites (tertiary alicyclic amines) is 1. The predicted octanol–water partition coefficient (Wildman–Crippen LogP) is 3.11. The summed E-state index contributed by atoms with van der Waals surface area (Å²) in [5, 5.41) is 2.67. The first kappa shape index (κ1) is 18.5. The number of ether oxygens (including phenoxy) is 1. The smallest absolute Gasteiger partial charge is 0.261 e. The Morgan fingerprint density at radius 2 is 2.03 bits per heavy atom. The van der Waals surface area contributed by atoms with Crippen LogP contribution in [0.4, 0.5) is 0 Å². The number of piperidine rings is 1. The molecule has 3 aromatic rings. The van der Waals surface area contributed by atoms with Gasteiger partial charge in [-0.2, -0.15) is 0 Å². The van der Waals surface area contributed by atoms with E-state index in [1.54, 1.807) is 30.4 Å². The van der Waals surface area contributed by atoms with Crippen LogP contribution in [-0.2, 0) is 21.6 Å². The minimum Gasteiger partial charge on any atom is -0.370 e. The van der Waals surface area contributed by atoms with Gasteiger partial charge in [0.05, 0.1) is 29.4 Å². The summed E-state index contributed by atoms with van der Waals surface area (Å²) in [6, 6.07) is 8.82. The van der Waals surface area contributed by atoms with Crippen molar-refractivity contribution in [2.24, 2.45) is 0 Å². The standard InChI is InChI=1S/C22H23N3O3S/c1-15(25-14-23-18-5-3-2-4-16(18)21(25)27)20(26)24-10-8-22(9-11-24)17-7-13-29-19(17)6-12-28-22/h2-5,7,13-15H,6,8-12H2,1H3. The number of thiophene rings is 1. The van der Waals surface area contributed by atoms with Gasteiger partial charge < -0.3 is 9.64 Å². The van der Waals surface area contributed by atoms with Crippen molar-refractivity contribution < 1.29 is 9.53 Å². The second-order valence-electron chi connectivity index (χ2n) is 7.83. The predicted molar refractivity (Wildman–Crippen MR) is 112 cm³/mol. The van der Waals surface area contributed by atoms with Gasteiger partial charge in [-0.15, -0.1) is 11.3 Å². The van der Waals surface area contributed by atoms with Gasteiger partial charge in [-0.25, -0.2) is 4.98 Å². The Labute approximate surface area is 172 Å². The number of rotatable bonds is 2. The molecule has 1 fully saturated rings. The van der Waals surface area contributed by atoms with E-state index in [1.165, 1.54) is 21.3 Å². The van der Waals surface area contributed by atoms with Gasteiger partial charge in [0.1, 0.15) is 6.04 Å². The third-order valence-electron chi connectivity index (χ3n) is 6.29. The van der Waals surface area contributed by atoms with E-state index in [0.717, 1.165) is 25.9 Å². The zero-order valence-corrected chi connectivity index (χ0v) is 17.2. The highest BCUT2D eigenvalue weighted by Crippen LogP contribution is 2.43. The van der Waals surface area contributed by atoms with Crippen molar-refractivity contribution in [3.63, 3.8) is 0 Å². The molecule has 4 heterocycles. The molecule has 1 amide bonds. The zero-order valence-electron chi connectivity index (χ0n) is 16.3. The van der Waals surface area contributed by atoms with Crippen LogP contribution in [0.3, 0.4) is 0 Å². The van der Waals surface area contributed by atoms with Gasteiger partial charge >= 0.3 is 0 Å². The molecule has 1 saturated heterocycles. The summed E-state index contributed by atoms with van der Waals surface area (Å²) in [5.41, 5.74) is 1.52. The normalized spacial score (nSPS) is 19.3. The van der Waals surface area contributed by atoms with Gasteiger partial charge in [0.15, 0.2) is 0 Å². The molecule has 1 aromatic carbocycles. The van der Waals surface area contributed by atoms with E-state index < -0.39 is 6.04 Å². The van der Waals surface area contributed by atoms with Crippen LogP contribution in [0, 0.1) is 0 Å². The number of fused-ring (bicyclic) bond motifs is 3. The summed E-state index contributed by atoms with van der Waals surface area (Å²) in [5.74, 6) is -0.0413. The summed E-state index contributed by atoms with van der Waals surface area (Å²) >= 11 is 1.80. The quantitative estimate of drug-likeness (QED) is 0.652. The Hall–Kier alpha value is -2.51. The van der Waals surface area contributed by atoms with Gasteiger partial charge in [-0.1, -0.05) is 12.1 Å². The summed E-state index contributed by atoms with van der Waals surface area (Å²) in [7, 11) is 0. The fourth-order valence-corrected chi connectivity index (χ4v) is 5.55. The van der Waals surface area contributed by atoms with Crippen molar-refractivity contribution in [2.45, 2.75) is 37.8 Å². The summed E-state index contributed by atoms with van der Waals surface area (Å²) in [6.07, 6.45) is 4.05. The highest BCUT2D eigenvalue weighted by Gasteiger charge is 2.42. The monoisotopic (exact) mass is 409 g/mol. The molecule has 150 valence electrons. The zero-order chi connectivity index (χ0) is 20.0. The molecule has 1 unspecified atom stereocenters. The lowest BCUT2D eigenvalue weighted by molar-refractivity contribution is -0.143. The summed E-state index contributed by atoms with van der Waals surface area (Å²) in [4.78, 5) is 33.6. The number of carbonyl (C=O) groups excluding carboxylic acids is 1. The Kier molecular flexibility index (Phi) is 4.52. The molecule has 1 spiro atoms. The molecule has 0 saturated carbocycles. The van der Waals surface area contributed by atoms with Crippen molar-refractivity contribution in [3.8, 4) is 0 Å². The van der Waals surface area contributed by atoms with Crippen LogP contribution in [-0.4, -0.2) is 40.1 Å². The van der Waals surface area contributed by atoms with Crippen LogP contribution in [0.1, 0.15) is 36.2 Å². The van der Waals surface area contributed by atoms with Crippen molar-refractivity contribution in [1.29, 1.82) is 0 Å². The molecule has 2 aliphatic rings. The van der Waals surface area contributed by atoms with Gasteiger partial charge in [-0.3, -0.25) is 14.2 Å². The SMILES string of the molecule is CC(C(=O)N1CCC2(CC1)OCCc1sccc12)n1cnc2ccccc2c1=O. The first-order valence-electron chi connectivity index (χ1n) is 10.0. The lowest BCUT2D eigenvalue weighted by Crippen LogP contribution is -2.50. The molecule has 5 rings (SSSR count). The summed E-state index contributed by atoms with van der Waals surface area (Å²) in [6.45, 7) is 3.79. The van der Waals surface area contributed by atoms with E-state index in [1.807, 2.05) is 17.0 Å². The molecule has 7 heteroatoms. The molecule has 2 aliphatic heterocycles. The maximum absolute atomic E-state index is 13.2. The number of para-hydroxylation sites is 1. The molecule has 2 aromatic heterocycles. The fourth-order valence-electron chi connectivity index (χ4n) is 4.60. The van der Waals surface area contributed by atoms with E-state index in [2.05, 4.69) is 16.4 Å². The Bertz CT molecular complexity index is 1130. The van der Waals surface area contributed by atoms with Crippen molar-refractivity contribution >= 4 is 28.1 Å². The number of carbonyl (C=O) groups is 1. The number of nitrogens with zero attached hydrogens (tertiary/aromatic N) is 3. The molecular weight excluding hydrogens is 386 g/mol. The molecule has 6 nitrogen and oxygen atoms in total. The first-order chi connectivity index (χ1) is 14.1. The Balaban J connectivity index is 1.35. The third kappa shape index (κ3) is 3.00. The lowest BCUT2D eigenvalue weighted by atomic mass is 9.82. The molecule has 1 atom stereocenters. The average Bonchev–Trinajstić information content (AvgIpc) is 3.25. The second kappa shape index (κ2) is 7.07. The topological polar surface area (TPSA) is 64.4 Å². The molecule has 0 radical (unpaired) electrons. The Morgan fingerprint density at radius 3 is 2.86 bits per heavy atom. The molecular formula is C22H23N3O3S. The molecule has 0 N–H and O–H groups in total. The maximum Gasteiger partial charge on any atom is 0.261 e. The minimum atomic E-state index is -0.586. The lowest BCUT2D eigenvalue weighted by Gasteiger charge is -2.44. The highest BCUT2D eigenvalue weighted by molar-refractivity contribution is 7.10. The van der Waals surface area contributed by atoms with Gasteiger partial charge in [0.2, 0.25) is 5.91 Å². The maximum atomic E-state index is 13.2. The Morgan fingerprint density at radius 1 is 1.24 bits per heavy atom. The molecule has 0 bridgehead atoms. The number of hydrogen-bond donors (Lipinski definition) is 0. The number of aromatic nitrogens is 2. The van der Waals surface area contributed by atoms with Crippen LogP contribution in [0.15, 0.2) is 46.8 Å². The van der Waals surface area contributed by atoms with Crippen LogP contribution in [0.5, 0.6) is 0 Å². The van der Waals surface area contributed by atoms with E-state index >= 15 is 0 Å². The fraction of sp³-hybridized carbons (Fsp3) is 0.409. The largest absolute Gasteiger partial charge is 0.370 e. The molecule has 0 aliphatic carbocycles. The number of amides is 1.